The fourth-order valence-corrected chi connectivity index (χ4v) is 1.17. The molecule has 72 valence electrons. The highest BCUT2D eigenvalue weighted by atomic mass is 16.5. The zero-order valence-electron chi connectivity index (χ0n) is 8.39. The van der Waals surface area contributed by atoms with Crippen LogP contribution in [0.4, 0.5) is 0 Å². The largest absolute Gasteiger partial charge is 0.469 e. The van der Waals surface area contributed by atoms with E-state index in [1.54, 1.807) is 0 Å². The number of hydrogen-bond donors (Lipinski definition) is 1. The zero-order chi connectivity index (χ0) is 9.78. The molecule has 3 heteroatoms. The standard InChI is InChI=1S/C9H19NO2/c1-9(2,3)5-7(6-10)8(11)12-4/h7H,5-6,10H2,1-4H3. The Morgan fingerprint density at radius 3 is 2.25 bits per heavy atom. The van der Waals surface area contributed by atoms with E-state index in [0.29, 0.717) is 6.54 Å². The van der Waals surface area contributed by atoms with E-state index in [-0.39, 0.29) is 17.3 Å². The second-order valence-corrected chi connectivity index (χ2v) is 4.22. The summed E-state index contributed by atoms with van der Waals surface area (Å²) in [5.41, 5.74) is 5.58. The first-order chi connectivity index (χ1) is 5.40. The lowest BCUT2D eigenvalue weighted by Crippen LogP contribution is -2.28. The van der Waals surface area contributed by atoms with Crippen molar-refractivity contribution in [2.75, 3.05) is 13.7 Å². The van der Waals surface area contributed by atoms with Gasteiger partial charge in [-0.05, 0) is 11.8 Å². The average molecular weight is 173 g/mol. The van der Waals surface area contributed by atoms with Crippen molar-refractivity contribution < 1.29 is 9.53 Å². The van der Waals surface area contributed by atoms with Gasteiger partial charge >= 0.3 is 5.97 Å². The maximum absolute atomic E-state index is 11.1. The third-order valence-electron chi connectivity index (χ3n) is 1.68. The van der Waals surface area contributed by atoms with Gasteiger partial charge in [-0.1, -0.05) is 20.8 Å². The number of ether oxygens (including phenoxy) is 1. The molecule has 0 spiro atoms. The SMILES string of the molecule is COC(=O)C(CN)CC(C)(C)C. The molecule has 1 unspecified atom stereocenters. The average Bonchev–Trinajstić information content (AvgIpc) is 1.97. The summed E-state index contributed by atoms with van der Waals surface area (Å²) in [5, 5.41) is 0. The van der Waals surface area contributed by atoms with Crippen LogP contribution in [0.15, 0.2) is 0 Å². The van der Waals surface area contributed by atoms with Crippen molar-refractivity contribution in [3.05, 3.63) is 0 Å². The van der Waals surface area contributed by atoms with Crippen molar-refractivity contribution in [2.24, 2.45) is 17.1 Å². The molecular weight excluding hydrogens is 154 g/mol. The van der Waals surface area contributed by atoms with Gasteiger partial charge in [-0.3, -0.25) is 4.79 Å². The van der Waals surface area contributed by atoms with Gasteiger partial charge in [0.2, 0.25) is 0 Å². The Kier molecular flexibility index (Phi) is 4.24. The van der Waals surface area contributed by atoms with Gasteiger partial charge in [0.1, 0.15) is 0 Å². The number of hydrogen-bond acceptors (Lipinski definition) is 3. The molecule has 0 bridgehead atoms. The summed E-state index contributed by atoms with van der Waals surface area (Å²) in [4.78, 5) is 11.1. The quantitative estimate of drug-likeness (QED) is 0.652. The molecule has 0 aromatic rings. The zero-order valence-corrected chi connectivity index (χ0v) is 8.39. The van der Waals surface area contributed by atoms with Crippen molar-refractivity contribution in [3.63, 3.8) is 0 Å². The van der Waals surface area contributed by atoms with E-state index in [1.807, 2.05) is 0 Å². The van der Waals surface area contributed by atoms with Gasteiger partial charge < -0.3 is 10.5 Å². The lowest BCUT2D eigenvalue weighted by Gasteiger charge is -2.22. The first kappa shape index (κ1) is 11.4. The molecule has 0 aliphatic rings. The van der Waals surface area contributed by atoms with Crippen molar-refractivity contribution >= 4 is 5.97 Å². The molecule has 0 aromatic carbocycles. The van der Waals surface area contributed by atoms with Crippen molar-refractivity contribution in [1.29, 1.82) is 0 Å². The van der Waals surface area contributed by atoms with Crippen LogP contribution in [0.2, 0.25) is 0 Å². The number of rotatable bonds is 3. The Bertz CT molecular complexity index is 149. The molecule has 0 aliphatic carbocycles. The molecule has 2 N–H and O–H groups in total. The van der Waals surface area contributed by atoms with Gasteiger partial charge in [0.05, 0.1) is 13.0 Å². The molecule has 0 heterocycles. The lowest BCUT2D eigenvalue weighted by molar-refractivity contribution is -0.146. The van der Waals surface area contributed by atoms with E-state index in [1.165, 1.54) is 7.11 Å². The van der Waals surface area contributed by atoms with Gasteiger partial charge in [0.25, 0.3) is 0 Å². The minimum absolute atomic E-state index is 0.123. The Morgan fingerprint density at radius 1 is 1.50 bits per heavy atom. The van der Waals surface area contributed by atoms with Crippen LogP contribution in [0, 0.1) is 11.3 Å². The van der Waals surface area contributed by atoms with Crippen molar-refractivity contribution in [1.82, 2.24) is 0 Å². The Balaban J connectivity index is 4.09. The lowest BCUT2D eigenvalue weighted by atomic mass is 9.85. The summed E-state index contributed by atoms with van der Waals surface area (Å²) in [6, 6.07) is 0. The predicted octanol–water partition coefficient (Wildman–Crippen LogP) is 1.17. The Morgan fingerprint density at radius 2 is 2.00 bits per heavy atom. The fourth-order valence-electron chi connectivity index (χ4n) is 1.17. The highest BCUT2D eigenvalue weighted by molar-refractivity contribution is 5.72. The van der Waals surface area contributed by atoms with Crippen LogP contribution in [0.5, 0.6) is 0 Å². The smallest absolute Gasteiger partial charge is 0.309 e. The van der Waals surface area contributed by atoms with Crippen LogP contribution in [0.25, 0.3) is 0 Å². The molecule has 0 fully saturated rings. The molecule has 1 atom stereocenters. The highest BCUT2D eigenvalue weighted by Gasteiger charge is 2.23. The molecule has 0 saturated carbocycles. The van der Waals surface area contributed by atoms with E-state index in [4.69, 9.17) is 5.73 Å². The summed E-state index contributed by atoms with van der Waals surface area (Å²) in [7, 11) is 1.40. The van der Waals surface area contributed by atoms with E-state index in [9.17, 15) is 4.79 Å². The first-order valence-electron chi connectivity index (χ1n) is 4.18. The number of carbonyl (C=O) groups excluding carboxylic acids is 1. The van der Waals surface area contributed by atoms with E-state index >= 15 is 0 Å². The summed E-state index contributed by atoms with van der Waals surface area (Å²) in [5.74, 6) is -0.359. The van der Waals surface area contributed by atoms with Crippen LogP contribution in [0.3, 0.4) is 0 Å². The third-order valence-corrected chi connectivity index (χ3v) is 1.68. The predicted molar refractivity (Wildman–Crippen MR) is 48.6 cm³/mol. The van der Waals surface area contributed by atoms with E-state index in [0.717, 1.165) is 6.42 Å². The summed E-state index contributed by atoms with van der Waals surface area (Å²) in [6.45, 7) is 6.61. The Labute approximate surface area is 74.3 Å². The number of nitrogens with two attached hydrogens (primary N) is 1. The topological polar surface area (TPSA) is 52.3 Å². The number of esters is 1. The maximum atomic E-state index is 11.1. The molecule has 3 nitrogen and oxygen atoms in total. The van der Waals surface area contributed by atoms with Gasteiger partial charge in [0.15, 0.2) is 0 Å². The van der Waals surface area contributed by atoms with Crippen LogP contribution in [-0.4, -0.2) is 19.6 Å². The van der Waals surface area contributed by atoms with Crippen molar-refractivity contribution in [3.8, 4) is 0 Å². The van der Waals surface area contributed by atoms with Crippen LogP contribution in [0.1, 0.15) is 27.2 Å². The molecule has 12 heavy (non-hydrogen) atoms. The van der Waals surface area contributed by atoms with Crippen LogP contribution in [-0.2, 0) is 9.53 Å². The molecule has 0 amide bonds. The number of carbonyl (C=O) groups is 1. The maximum Gasteiger partial charge on any atom is 0.309 e. The van der Waals surface area contributed by atoms with Gasteiger partial charge in [-0.15, -0.1) is 0 Å². The second-order valence-electron chi connectivity index (χ2n) is 4.22. The second kappa shape index (κ2) is 4.45. The third kappa shape index (κ3) is 4.34. The first-order valence-corrected chi connectivity index (χ1v) is 4.18. The van der Waals surface area contributed by atoms with Crippen LogP contribution < -0.4 is 5.73 Å². The highest BCUT2D eigenvalue weighted by Crippen LogP contribution is 2.24. The monoisotopic (exact) mass is 173 g/mol. The molecule has 0 aromatic heterocycles. The number of methoxy groups -OCH3 is 1. The molecule has 0 saturated heterocycles. The Hall–Kier alpha value is -0.570. The van der Waals surface area contributed by atoms with Gasteiger partial charge in [-0.25, -0.2) is 0 Å². The minimum atomic E-state index is -0.201. The van der Waals surface area contributed by atoms with Gasteiger partial charge in [0, 0.05) is 6.54 Å². The fraction of sp³-hybridized carbons (Fsp3) is 0.889. The van der Waals surface area contributed by atoms with Crippen LogP contribution >= 0.6 is 0 Å². The minimum Gasteiger partial charge on any atom is -0.469 e. The van der Waals surface area contributed by atoms with Gasteiger partial charge in [-0.2, -0.15) is 0 Å². The molecule has 0 radical (unpaired) electrons. The van der Waals surface area contributed by atoms with E-state index < -0.39 is 0 Å². The summed E-state index contributed by atoms with van der Waals surface area (Å²) >= 11 is 0. The normalized spacial score (nSPS) is 14.1. The molecule has 0 rings (SSSR count). The molecule has 0 aliphatic heterocycles. The molecular formula is C9H19NO2. The summed E-state index contributed by atoms with van der Waals surface area (Å²) in [6.07, 6.45) is 0.774. The summed E-state index contributed by atoms with van der Waals surface area (Å²) < 4.78 is 4.63. The van der Waals surface area contributed by atoms with Crippen molar-refractivity contribution in [2.45, 2.75) is 27.2 Å². The van der Waals surface area contributed by atoms with E-state index in [2.05, 4.69) is 25.5 Å².